The van der Waals surface area contributed by atoms with E-state index >= 15 is 0 Å². The molecule has 0 spiro atoms. The molecule has 0 aromatic heterocycles. The predicted octanol–water partition coefficient (Wildman–Crippen LogP) is 0.526. The van der Waals surface area contributed by atoms with Crippen molar-refractivity contribution < 1.29 is 9.90 Å². The molecule has 100 valence electrons. The highest BCUT2D eigenvalue weighted by Crippen LogP contribution is 2.20. The van der Waals surface area contributed by atoms with Gasteiger partial charge in [-0.2, -0.15) is 0 Å². The van der Waals surface area contributed by atoms with Gasteiger partial charge in [0.1, 0.15) is 0 Å². The van der Waals surface area contributed by atoms with E-state index in [2.05, 4.69) is 17.1 Å². The first-order chi connectivity index (χ1) is 8.02. The van der Waals surface area contributed by atoms with Crippen LogP contribution in [-0.4, -0.2) is 47.8 Å². The second kappa shape index (κ2) is 6.81. The van der Waals surface area contributed by atoms with Crippen molar-refractivity contribution in [1.29, 1.82) is 0 Å². The second-order valence-electron chi connectivity index (χ2n) is 5.02. The molecule has 2 atom stereocenters. The molecule has 0 saturated carbocycles. The molecule has 17 heavy (non-hydrogen) atoms. The number of aliphatic hydroxyl groups excluding tert-OH is 1. The summed E-state index contributed by atoms with van der Waals surface area (Å²) in [6.45, 7) is 6.69. The fourth-order valence-corrected chi connectivity index (χ4v) is 2.32. The first-order valence-electron chi connectivity index (χ1n) is 6.49. The Balaban J connectivity index is 2.27. The van der Waals surface area contributed by atoms with Crippen molar-refractivity contribution in [1.82, 2.24) is 10.2 Å². The van der Waals surface area contributed by atoms with E-state index in [0.29, 0.717) is 6.54 Å². The number of β-amino-alcohol motifs (C(OH)–C–C–N with tert-alkyl or cyclic N) is 1. The minimum absolute atomic E-state index is 0.295. The van der Waals surface area contributed by atoms with Crippen LogP contribution in [0.1, 0.15) is 33.1 Å². The van der Waals surface area contributed by atoms with Crippen LogP contribution in [0.15, 0.2) is 0 Å². The molecule has 0 aromatic rings. The zero-order valence-corrected chi connectivity index (χ0v) is 10.9. The van der Waals surface area contributed by atoms with Crippen LogP contribution in [0.3, 0.4) is 0 Å². The molecule has 1 aliphatic rings. The van der Waals surface area contributed by atoms with Crippen LogP contribution in [0.2, 0.25) is 0 Å². The molecule has 0 radical (unpaired) electrons. The molecule has 0 bridgehead atoms. The van der Waals surface area contributed by atoms with Gasteiger partial charge in [0.05, 0.1) is 12.1 Å². The number of aliphatic hydroxyl groups is 1. The average molecular weight is 243 g/mol. The number of piperidine rings is 1. The number of carbonyl (C=O) groups excluding carboxylic acids is 1. The summed E-state index contributed by atoms with van der Waals surface area (Å²) in [7, 11) is 0. The summed E-state index contributed by atoms with van der Waals surface area (Å²) in [5, 5.41) is 12.4. The summed E-state index contributed by atoms with van der Waals surface area (Å²) < 4.78 is 0. The predicted molar refractivity (Wildman–Crippen MR) is 67.6 cm³/mol. The van der Waals surface area contributed by atoms with Gasteiger partial charge in [-0.3, -0.25) is 0 Å². The van der Waals surface area contributed by atoms with Gasteiger partial charge in [-0.05, 0) is 38.8 Å². The second-order valence-corrected chi connectivity index (χ2v) is 5.02. The molecule has 0 aliphatic carbocycles. The number of carbonyl (C=O) groups is 1. The first-order valence-corrected chi connectivity index (χ1v) is 6.49. The Morgan fingerprint density at radius 2 is 2.12 bits per heavy atom. The quantitative estimate of drug-likeness (QED) is 0.659. The van der Waals surface area contributed by atoms with E-state index in [1.165, 1.54) is 19.3 Å². The van der Waals surface area contributed by atoms with E-state index in [-0.39, 0.29) is 6.04 Å². The number of hydrogen-bond acceptors (Lipinski definition) is 3. The number of hydrogen-bond donors (Lipinski definition) is 3. The number of nitrogens with zero attached hydrogens (tertiary/aromatic N) is 1. The highest BCUT2D eigenvalue weighted by atomic mass is 16.3. The van der Waals surface area contributed by atoms with Gasteiger partial charge in [0.15, 0.2) is 0 Å². The van der Waals surface area contributed by atoms with Crippen LogP contribution in [-0.2, 0) is 0 Å². The number of likely N-dealkylation sites (tertiary alicyclic amines) is 1. The van der Waals surface area contributed by atoms with Gasteiger partial charge < -0.3 is 21.1 Å². The fraction of sp³-hybridized carbons (Fsp3) is 0.917. The molecule has 2 amide bonds. The van der Waals surface area contributed by atoms with Crippen LogP contribution in [0.25, 0.3) is 0 Å². The topological polar surface area (TPSA) is 78.6 Å². The maximum Gasteiger partial charge on any atom is 0.312 e. The van der Waals surface area contributed by atoms with Crippen molar-refractivity contribution >= 4 is 6.03 Å². The average Bonchev–Trinajstić information content (AvgIpc) is 2.29. The van der Waals surface area contributed by atoms with Gasteiger partial charge in [-0.15, -0.1) is 0 Å². The number of primary amides is 1. The van der Waals surface area contributed by atoms with Crippen LogP contribution < -0.4 is 11.1 Å². The molecule has 1 saturated heterocycles. The highest BCUT2D eigenvalue weighted by molar-refractivity contribution is 5.71. The Hall–Kier alpha value is -0.810. The zero-order valence-electron chi connectivity index (χ0n) is 10.9. The van der Waals surface area contributed by atoms with Gasteiger partial charge >= 0.3 is 6.03 Å². The minimum atomic E-state index is -0.582. The summed E-state index contributed by atoms with van der Waals surface area (Å²) in [6.07, 6.45) is 3.11. The lowest BCUT2D eigenvalue weighted by Crippen LogP contribution is -2.49. The maximum absolute atomic E-state index is 10.7. The number of rotatable bonds is 5. The van der Waals surface area contributed by atoms with Crippen LogP contribution in [0, 0.1) is 5.92 Å². The Labute approximate surface area is 103 Å². The summed E-state index contributed by atoms with van der Waals surface area (Å²) >= 11 is 0. The summed E-state index contributed by atoms with van der Waals surface area (Å²) in [5.41, 5.74) is 5.03. The van der Waals surface area contributed by atoms with Crippen molar-refractivity contribution in [3.05, 3.63) is 0 Å². The van der Waals surface area contributed by atoms with E-state index in [4.69, 9.17) is 5.73 Å². The zero-order chi connectivity index (χ0) is 12.8. The molecule has 4 N–H and O–H groups in total. The summed E-state index contributed by atoms with van der Waals surface area (Å²) in [5.74, 6) is 0.838. The number of nitrogens with one attached hydrogen (secondary N) is 1. The molecule has 1 heterocycles. The smallest absolute Gasteiger partial charge is 0.312 e. The molecule has 1 aliphatic heterocycles. The van der Waals surface area contributed by atoms with Crippen LogP contribution >= 0.6 is 0 Å². The Bertz CT molecular complexity index is 240. The third-order valence-electron chi connectivity index (χ3n) is 3.68. The van der Waals surface area contributed by atoms with Crippen LogP contribution in [0.4, 0.5) is 4.79 Å². The minimum Gasteiger partial charge on any atom is -0.390 e. The third kappa shape index (κ3) is 4.91. The molecule has 1 rings (SSSR count). The molecule has 5 heteroatoms. The van der Waals surface area contributed by atoms with Crippen molar-refractivity contribution in [3.63, 3.8) is 0 Å². The van der Waals surface area contributed by atoms with Gasteiger partial charge in [0.25, 0.3) is 0 Å². The number of nitrogens with two attached hydrogens (primary N) is 1. The first kappa shape index (κ1) is 14.3. The molecular weight excluding hydrogens is 218 g/mol. The Morgan fingerprint density at radius 3 is 2.59 bits per heavy atom. The van der Waals surface area contributed by atoms with E-state index in [1.807, 2.05) is 0 Å². The monoisotopic (exact) mass is 243 g/mol. The van der Waals surface area contributed by atoms with Gasteiger partial charge in [-0.25, -0.2) is 4.79 Å². The van der Waals surface area contributed by atoms with Crippen molar-refractivity contribution in [2.45, 2.75) is 45.3 Å². The Morgan fingerprint density at radius 1 is 1.53 bits per heavy atom. The van der Waals surface area contributed by atoms with Crippen LogP contribution in [0.5, 0.6) is 0 Å². The maximum atomic E-state index is 10.7. The Kier molecular flexibility index (Phi) is 5.71. The lowest BCUT2D eigenvalue weighted by Gasteiger charge is -2.34. The van der Waals surface area contributed by atoms with Crippen molar-refractivity contribution in [3.8, 4) is 0 Å². The number of urea groups is 1. The standard InChI is InChI=1S/C12H25N3O2/c1-3-10-4-6-15(7-5-10)8-11(16)9(2)14-12(13)17/h9-11,16H,3-8H2,1-2H3,(H3,13,14,17). The van der Waals surface area contributed by atoms with Gasteiger partial charge in [-0.1, -0.05) is 13.3 Å². The largest absolute Gasteiger partial charge is 0.390 e. The summed E-state index contributed by atoms with van der Waals surface area (Å²) in [6, 6.07) is -0.877. The fourth-order valence-electron chi connectivity index (χ4n) is 2.32. The summed E-state index contributed by atoms with van der Waals surface area (Å²) in [4.78, 5) is 12.9. The lowest BCUT2D eigenvalue weighted by molar-refractivity contribution is 0.0695. The third-order valence-corrected chi connectivity index (χ3v) is 3.68. The molecule has 0 aromatic carbocycles. The van der Waals surface area contributed by atoms with E-state index in [1.54, 1.807) is 6.92 Å². The molecule has 5 nitrogen and oxygen atoms in total. The van der Waals surface area contributed by atoms with E-state index in [9.17, 15) is 9.90 Å². The SMILES string of the molecule is CCC1CCN(CC(O)C(C)NC(N)=O)CC1. The van der Waals surface area contributed by atoms with E-state index < -0.39 is 12.1 Å². The van der Waals surface area contributed by atoms with Gasteiger partial charge in [0, 0.05) is 6.54 Å². The molecule has 2 unspecified atom stereocenters. The van der Waals surface area contributed by atoms with Crippen molar-refractivity contribution in [2.75, 3.05) is 19.6 Å². The highest BCUT2D eigenvalue weighted by Gasteiger charge is 2.22. The van der Waals surface area contributed by atoms with Crippen molar-refractivity contribution in [2.24, 2.45) is 11.7 Å². The molecular formula is C12H25N3O2. The molecule has 1 fully saturated rings. The normalized spacial score (nSPS) is 22.1. The van der Waals surface area contributed by atoms with Gasteiger partial charge in [0.2, 0.25) is 0 Å². The number of amides is 2. The lowest BCUT2D eigenvalue weighted by atomic mass is 9.94. The van der Waals surface area contributed by atoms with E-state index in [0.717, 1.165) is 19.0 Å².